The van der Waals surface area contributed by atoms with Crippen molar-refractivity contribution < 1.29 is 19.4 Å². The number of hydrogen-bond donors (Lipinski definition) is 2. The Morgan fingerprint density at radius 1 is 1.53 bits per heavy atom. The van der Waals surface area contributed by atoms with Gasteiger partial charge >= 0.3 is 5.97 Å². The molecule has 0 radical (unpaired) electrons. The lowest BCUT2D eigenvalue weighted by molar-refractivity contribution is -0.119. The van der Waals surface area contributed by atoms with E-state index in [0.29, 0.717) is 0 Å². The summed E-state index contributed by atoms with van der Waals surface area (Å²) in [6.07, 6.45) is 0. The van der Waals surface area contributed by atoms with Crippen LogP contribution in [0.15, 0.2) is 18.2 Å². The summed E-state index contributed by atoms with van der Waals surface area (Å²) < 4.78 is 5.27. The summed E-state index contributed by atoms with van der Waals surface area (Å²) >= 11 is 0. The lowest BCUT2D eigenvalue weighted by Gasteiger charge is -2.13. The Hall–Kier alpha value is -2.11. The Morgan fingerprint density at radius 2 is 2.24 bits per heavy atom. The topological polar surface area (TPSA) is 88.5 Å². The van der Waals surface area contributed by atoms with Gasteiger partial charge in [0.1, 0.15) is 6.61 Å². The first-order valence-corrected chi connectivity index (χ1v) is 5.09. The molecule has 0 saturated heterocycles. The minimum atomic E-state index is -1.11. The number of nitrogens with one attached hydrogen (secondary N) is 1. The molecule has 0 bridgehead atoms. The van der Waals surface area contributed by atoms with Gasteiger partial charge in [-0.3, -0.25) is 4.79 Å². The van der Waals surface area contributed by atoms with Crippen molar-refractivity contribution >= 4 is 11.9 Å². The fraction of sp³-hybridized carbons (Fsp3) is 0.364. The third kappa shape index (κ3) is 4.50. The number of pyridine rings is 1. The molecule has 0 aromatic carbocycles. The molecule has 0 fully saturated rings. The van der Waals surface area contributed by atoms with Crippen molar-refractivity contribution in [2.75, 3.05) is 6.61 Å². The van der Waals surface area contributed by atoms with Crippen molar-refractivity contribution in [3.63, 3.8) is 0 Å². The van der Waals surface area contributed by atoms with Crippen molar-refractivity contribution in [1.82, 2.24) is 10.3 Å². The summed E-state index contributed by atoms with van der Waals surface area (Å²) in [4.78, 5) is 25.2. The molecule has 1 heterocycles. The van der Waals surface area contributed by atoms with Gasteiger partial charge in [0.2, 0.25) is 11.8 Å². The SMILES string of the molecule is CC(=O)NC(C)COc1cccc(C(=O)O)n1. The summed E-state index contributed by atoms with van der Waals surface area (Å²) in [5.74, 6) is -1.03. The molecule has 92 valence electrons. The number of carbonyl (C=O) groups excluding carboxylic acids is 1. The largest absolute Gasteiger partial charge is 0.477 e. The van der Waals surface area contributed by atoms with Crippen LogP contribution < -0.4 is 10.1 Å². The van der Waals surface area contributed by atoms with Gasteiger partial charge in [-0.15, -0.1) is 0 Å². The molecule has 6 heteroatoms. The number of ether oxygens (including phenoxy) is 1. The fourth-order valence-corrected chi connectivity index (χ4v) is 1.21. The first kappa shape index (κ1) is 13.0. The van der Waals surface area contributed by atoms with E-state index in [1.165, 1.54) is 13.0 Å². The van der Waals surface area contributed by atoms with E-state index in [0.717, 1.165) is 0 Å². The molecule has 1 aromatic heterocycles. The van der Waals surface area contributed by atoms with E-state index in [2.05, 4.69) is 10.3 Å². The third-order valence-electron chi connectivity index (χ3n) is 1.87. The quantitative estimate of drug-likeness (QED) is 0.787. The minimum Gasteiger partial charge on any atom is -0.477 e. The number of rotatable bonds is 5. The van der Waals surface area contributed by atoms with Gasteiger partial charge in [-0.2, -0.15) is 0 Å². The van der Waals surface area contributed by atoms with E-state index in [4.69, 9.17) is 9.84 Å². The van der Waals surface area contributed by atoms with E-state index in [9.17, 15) is 9.59 Å². The van der Waals surface area contributed by atoms with Crippen molar-refractivity contribution in [2.45, 2.75) is 19.9 Å². The molecule has 1 unspecified atom stereocenters. The molecular weight excluding hydrogens is 224 g/mol. The number of amides is 1. The Kier molecular flexibility index (Phi) is 4.45. The van der Waals surface area contributed by atoms with Crippen molar-refractivity contribution in [2.24, 2.45) is 0 Å². The molecule has 1 amide bonds. The predicted molar refractivity (Wildman–Crippen MR) is 60.0 cm³/mol. The normalized spacial score (nSPS) is 11.6. The van der Waals surface area contributed by atoms with Crippen LogP contribution in [0.25, 0.3) is 0 Å². The van der Waals surface area contributed by atoms with E-state index in [-0.39, 0.29) is 30.1 Å². The van der Waals surface area contributed by atoms with Gasteiger partial charge in [-0.25, -0.2) is 9.78 Å². The fourth-order valence-electron chi connectivity index (χ4n) is 1.21. The molecule has 0 aliphatic rings. The highest BCUT2D eigenvalue weighted by Gasteiger charge is 2.08. The summed E-state index contributed by atoms with van der Waals surface area (Å²) in [5.41, 5.74) is -0.0744. The first-order valence-electron chi connectivity index (χ1n) is 5.09. The molecule has 0 aliphatic heterocycles. The van der Waals surface area contributed by atoms with Gasteiger partial charge < -0.3 is 15.2 Å². The lowest BCUT2D eigenvalue weighted by Crippen LogP contribution is -2.35. The Labute approximate surface area is 98.6 Å². The highest BCUT2D eigenvalue weighted by molar-refractivity contribution is 5.85. The van der Waals surface area contributed by atoms with Gasteiger partial charge in [0.25, 0.3) is 0 Å². The van der Waals surface area contributed by atoms with Crippen molar-refractivity contribution in [1.29, 1.82) is 0 Å². The van der Waals surface area contributed by atoms with Gasteiger partial charge in [-0.1, -0.05) is 6.07 Å². The average molecular weight is 238 g/mol. The molecule has 1 aromatic rings. The maximum absolute atomic E-state index is 10.7. The Morgan fingerprint density at radius 3 is 2.82 bits per heavy atom. The standard InChI is InChI=1S/C11H14N2O4/c1-7(12-8(2)14)6-17-10-5-3-4-9(13-10)11(15)16/h3-5,7H,6H2,1-2H3,(H,12,14)(H,15,16). The molecule has 0 saturated carbocycles. The van der Waals surface area contributed by atoms with Crippen LogP contribution in [0.1, 0.15) is 24.3 Å². The van der Waals surface area contributed by atoms with Crippen LogP contribution in [0.3, 0.4) is 0 Å². The monoisotopic (exact) mass is 238 g/mol. The van der Waals surface area contributed by atoms with Gasteiger partial charge in [0.05, 0.1) is 6.04 Å². The second-order valence-electron chi connectivity index (χ2n) is 3.58. The number of hydrogen-bond acceptors (Lipinski definition) is 4. The number of carboxylic acids is 1. The number of aromatic nitrogens is 1. The van der Waals surface area contributed by atoms with Crippen LogP contribution >= 0.6 is 0 Å². The molecule has 6 nitrogen and oxygen atoms in total. The molecular formula is C11H14N2O4. The first-order chi connectivity index (χ1) is 7.99. The molecule has 0 spiro atoms. The van der Waals surface area contributed by atoms with Gasteiger partial charge in [0.15, 0.2) is 5.69 Å². The van der Waals surface area contributed by atoms with Crippen LogP contribution in [0.5, 0.6) is 5.88 Å². The molecule has 1 atom stereocenters. The summed E-state index contributed by atoms with van der Waals surface area (Å²) in [5, 5.41) is 11.4. The second-order valence-corrected chi connectivity index (χ2v) is 3.58. The van der Waals surface area contributed by atoms with E-state index in [1.807, 2.05) is 0 Å². The average Bonchev–Trinajstić information content (AvgIpc) is 2.26. The second kappa shape index (κ2) is 5.83. The highest BCUT2D eigenvalue weighted by atomic mass is 16.5. The van der Waals surface area contributed by atoms with E-state index >= 15 is 0 Å². The molecule has 0 aliphatic carbocycles. The highest BCUT2D eigenvalue weighted by Crippen LogP contribution is 2.07. The van der Waals surface area contributed by atoms with Crippen molar-refractivity contribution in [3.05, 3.63) is 23.9 Å². The number of carboxylic acid groups (broad SMARTS) is 1. The van der Waals surface area contributed by atoms with Crippen LogP contribution in [0.2, 0.25) is 0 Å². The lowest BCUT2D eigenvalue weighted by atomic mass is 10.3. The Bertz CT molecular complexity index is 420. The van der Waals surface area contributed by atoms with E-state index in [1.54, 1.807) is 19.1 Å². The Balaban J connectivity index is 2.54. The van der Waals surface area contributed by atoms with Crippen LogP contribution in [0.4, 0.5) is 0 Å². The zero-order chi connectivity index (χ0) is 12.8. The zero-order valence-electron chi connectivity index (χ0n) is 9.64. The number of carbonyl (C=O) groups is 2. The van der Waals surface area contributed by atoms with E-state index < -0.39 is 5.97 Å². The van der Waals surface area contributed by atoms with Gasteiger partial charge in [-0.05, 0) is 13.0 Å². The van der Waals surface area contributed by atoms with Crippen LogP contribution in [-0.2, 0) is 4.79 Å². The summed E-state index contributed by atoms with van der Waals surface area (Å²) in [7, 11) is 0. The maximum atomic E-state index is 10.7. The minimum absolute atomic E-state index is 0.0744. The van der Waals surface area contributed by atoms with Gasteiger partial charge in [0, 0.05) is 13.0 Å². The van der Waals surface area contributed by atoms with Crippen LogP contribution in [0, 0.1) is 0 Å². The molecule has 2 N–H and O–H groups in total. The molecule has 1 rings (SSSR count). The summed E-state index contributed by atoms with van der Waals surface area (Å²) in [6.45, 7) is 3.43. The third-order valence-corrected chi connectivity index (χ3v) is 1.87. The summed E-state index contributed by atoms with van der Waals surface area (Å²) in [6, 6.07) is 4.33. The number of nitrogens with zero attached hydrogens (tertiary/aromatic N) is 1. The predicted octanol–water partition coefficient (Wildman–Crippen LogP) is 0.683. The van der Waals surface area contributed by atoms with Crippen LogP contribution in [-0.4, -0.2) is 34.6 Å². The molecule has 17 heavy (non-hydrogen) atoms. The zero-order valence-corrected chi connectivity index (χ0v) is 9.64. The van der Waals surface area contributed by atoms with Crippen molar-refractivity contribution in [3.8, 4) is 5.88 Å². The smallest absolute Gasteiger partial charge is 0.354 e. The maximum Gasteiger partial charge on any atom is 0.354 e. The number of aromatic carboxylic acids is 1.